The number of pyridine rings is 3. The molecule has 162 valence electrons. The third-order valence-corrected chi connectivity index (χ3v) is 8.04. The Balaban J connectivity index is 1.38. The first kappa shape index (κ1) is 17.8. The molecule has 0 saturated carbocycles. The van der Waals surface area contributed by atoms with E-state index in [1.165, 1.54) is 60.7 Å². The molecule has 0 fully saturated rings. The highest BCUT2D eigenvalue weighted by Crippen LogP contribution is 2.48. The van der Waals surface area contributed by atoms with Crippen LogP contribution in [0.15, 0.2) is 85.5 Å². The highest BCUT2D eigenvalue weighted by molar-refractivity contribution is 6.15. The van der Waals surface area contributed by atoms with E-state index in [-0.39, 0.29) is 0 Å². The van der Waals surface area contributed by atoms with Crippen molar-refractivity contribution in [2.45, 2.75) is 12.8 Å². The topological polar surface area (TPSA) is 43.1 Å². The van der Waals surface area contributed by atoms with Crippen LogP contribution < -0.4 is 0 Å². The molecule has 0 radical (unpaired) electrons. The first-order valence-electron chi connectivity index (χ1n) is 12.0. The molecule has 35 heavy (non-hydrogen) atoms. The minimum absolute atomic E-state index is 0.904. The van der Waals surface area contributed by atoms with E-state index in [2.05, 4.69) is 69.0 Å². The number of hydrogen-bond donors (Lipinski definition) is 0. The van der Waals surface area contributed by atoms with Crippen LogP contribution in [0.4, 0.5) is 0 Å². The molecule has 0 amide bonds. The van der Waals surface area contributed by atoms with Crippen LogP contribution in [-0.2, 0) is 12.8 Å². The minimum Gasteiger partial charge on any atom is -0.290 e. The average molecular weight is 447 g/mol. The smallest absolute Gasteiger partial charge is 0.146 e. The molecule has 7 aromatic rings. The maximum atomic E-state index is 5.03. The van der Waals surface area contributed by atoms with Crippen LogP contribution in [0.1, 0.15) is 22.3 Å². The van der Waals surface area contributed by atoms with Gasteiger partial charge in [-0.05, 0) is 87.0 Å². The summed E-state index contributed by atoms with van der Waals surface area (Å²) >= 11 is 0. The fourth-order valence-corrected chi connectivity index (χ4v) is 6.52. The Bertz CT molecular complexity index is 2070. The monoisotopic (exact) mass is 446 g/mol. The lowest BCUT2D eigenvalue weighted by molar-refractivity contribution is 1.16. The van der Waals surface area contributed by atoms with Crippen LogP contribution in [0.2, 0.25) is 0 Å². The zero-order valence-corrected chi connectivity index (χ0v) is 18.8. The van der Waals surface area contributed by atoms with E-state index in [4.69, 9.17) is 4.98 Å². The molecule has 4 nitrogen and oxygen atoms in total. The summed E-state index contributed by atoms with van der Waals surface area (Å²) in [7, 11) is 0. The average Bonchev–Trinajstić information content (AvgIpc) is 3.59. The van der Waals surface area contributed by atoms with Crippen molar-refractivity contribution in [3.05, 3.63) is 108 Å². The Morgan fingerprint density at radius 3 is 2.34 bits per heavy atom. The first-order chi connectivity index (χ1) is 17.3. The largest absolute Gasteiger partial charge is 0.290 e. The number of fused-ring (bicyclic) bond motifs is 15. The van der Waals surface area contributed by atoms with Gasteiger partial charge in [-0.3, -0.25) is 14.4 Å². The van der Waals surface area contributed by atoms with E-state index in [0.717, 1.165) is 35.0 Å². The summed E-state index contributed by atoms with van der Waals surface area (Å²) in [5, 5.41) is 3.62. The van der Waals surface area contributed by atoms with E-state index < -0.39 is 0 Å². The number of rotatable bonds is 0. The molecule has 0 aliphatic heterocycles. The van der Waals surface area contributed by atoms with Gasteiger partial charge in [-0.1, -0.05) is 36.4 Å². The lowest BCUT2D eigenvalue weighted by Crippen LogP contribution is -1.93. The lowest BCUT2D eigenvalue weighted by Gasteiger charge is -2.11. The molecule has 4 heterocycles. The predicted molar refractivity (Wildman–Crippen MR) is 140 cm³/mol. The van der Waals surface area contributed by atoms with Crippen molar-refractivity contribution in [1.82, 2.24) is 19.4 Å². The second kappa shape index (κ2) is 6.10. The zero-order chi connectivity index (χ0) is 22.7. The SMILES string of the molecule is c1ccc2c(c1)Cc1c-2ccc2c1Cc1cc3c4ccncc4n4c5ccncc5nc4c3cc1-2. The van der Waals surface area contributed by atoms with Crippen LogP contribution in [0.25, 0.3) is 60.6 Å². The van der Waals surface area contributed by atoms with E-state index in [1.807, 2.05) is 30.9 Å². The Hall–Kier alpha value is -4.57. The molecule has 9 rings (SSSR count). The Morgan fingerprint density at radius 1 is 0.600 bits per heavy atom. The maximum absolute atomic E-state index is 5.03. The maximum Gasteiger partial charge on any atom is 0.146 e. The van der Waals surface area contributed by atoms with Crippen molar-refractivity contribution in [3.63, 3.8) is 0 Å². The quantitative estimate of drug-likeness (QED) is 0.243. The number of aromatic nitrogens is 4. The van der Waals surface area contributed by atoms with E-state index >= 15 is 0 Å². The summed E-state index contributed by atoms with van der Waals surface area (Å²) in [6, 6.07) is 22.5. The van der Waals surface area contributed by atoms with Gasteiger partial charge in [-0.25, -0.2) is 4.98 Å². The number of imidazole rings is 1. The van der Waals surface area contributed by atoms with E-state index in [0.29, 0.717) is 0 Å². The van der Waals surface area contributed by atoms with Gasteiger partial charge in [0.1, 0.15) is 11.2 Å². The zero-order valence-electron chi connectivity index (χ0n) is 18.8. The van der Waals surface area contributed by atoms with E-state index in [9.17, 15) is 0 Å². The summed E-state index contributed by atoms with van der Waals surface area (Å²) in [5.41, 5.74) is 15.4. The van der Waals surface area contributed by atoms with Crippen LogP contribution >= 0.6 is 0 Å². The fourth-order valence-electron chi connectivity index (χ4n) is 6.52. The van der Waals surface area contributed by atoms with Crippen molar-refractivity contribution in [1.29, 1.82) is 0 Å². The summed E-state index contributed by atoms with van der Waals surface area (Å²) in [6.07, 6.45) is 9.53. The fraction of sp³-hybridized carbons (Fsp3) is 0.0645. The standard InChI is InChI=1S/C31H18N4/c1-2-4-19-17(3-1)11-24-20(19)5-6-21-23-14-27-26(13-18(23)12-25(21)24)22-7-9-33-16-30(22)35-29-8-10-32-15-28(29)34-31(27)35/h1-10,13-16H,11-12H2. The molecule has 4 heteroatoms. The molecule has 2 aliphatic rings. The molecule has 0 atom stereocenters. The van der Waals surface area contributed by atoms with Gasteiger partial charge >= 0.3 is 0 Å². The summed E-state index contributed by atoms with van der Waals surface area (Å²) in [5.74, 6) is 0. The molecule has 0 saturated heterocycles. The van der Waals surface area contributed by atoms with Gasteiger partial charge in [0.25, 0.3) is 0 Å². The van der Waals surface area contributed by atoms with Crippen molar-refractivity contribution in [3.8, 4) is 22.3 Å². The molecule has 0 N–H and O–H groups in total. The molecule has 3 aromatic carbocycles. The highest BCUT2D eigenvalue weighted by atomic mass is 15.0. The van der Waals surface area contributed by atoms with Crippen molar-refractivity contribution < 1.29 is 0 Å². The minimum atomic E-state index is 0.904. The molecular formula is C31H18N4. The molecule has 0 unspecified atom stereocenters. The van der Waals surface area contributed by atoms with Gasteiger partial charge in [-0.15, -0.1) is 0 Å². The van der Waals surface area contributed by atoms with Crippen LogP contribution in [0.3, 0.4) is 0 Å². The molecule has 2 aliphatic carbocycles. The summed E-state index contributed by atoms with van der Waals surface area (Å²) in [4.78, 5) is 13.8. The predicted octanol–water partition coefficient (Wildman–Crippen LogP) is 6.73. The molecule has 4 aromatic heterocycles. The van der Waals surface area contributed by atoms with Crippen molar-refractivity contribution in [2.75, 3.05) is 0 Å². The van der Waals surface area contributed by atoms with E-state index in [1.54, 1.807) is 0 Å². The lowest BCUT2D eigenvalue weighted by atomic mass is 9.96. The van der Waals surface area contributed by atoms with Gasteiger partial charge in [0.05, 0.1) is 23.4 Å². The molecule has 0 bridgehead atoms. The summed E-state index contributed by atoms with van der Waals surface area (Å²) in [6.45, 7) is 0. The van der Waals surface area contributed by atoms with Crippen LogP contribution in [-0.4, -0.2) is 19.4 Å². The second-order valence-electron chi connectivity index (χ2n) is 9.71. The van der Waals surface area contributed by atoms with Gasteiger partial charge in [0.2, 0.25) is 0 Å². The van der Waals surface area contributed by atoms with Gasteiger partial charge in [-0.2, -0.15) is 0 Å². The second-order valence-corrected chi connectivity index (χ2v) is 9.71. The van der Waals surface area contributed by atoms with Crippen molar-refractivity contribution >= 4 is 38.4 Å². The first-order valence-corrected chi connectivity index (χ1v) is 12.0. The highest BCUT2D eigenvalue weighted by Gasteiger charge is 2.28. The Kier molecular flexibility index (Phi) is 3.11. The summed E-state index contributed by atoms with van der Waals surface area (Å²) < 4.78 is 2.24. The normalized spacial score (nSPS) is 13.5. The van der Waals surface area contributed by atoms with Gasteiger partial charge in [0.15, 0.2) is 0 Å². The third kappa shape index (κ3) is 2.15. The van der Waals surface area contributed by atoms with Gasteiger partial charge < -0.3 is 0 Å². The Labute approximate surface area is 200 Å². The van der Waals surface area contributed by atoms with Crippen LogP contribution in [0, 0.1) is 0 Å². The Morgan fingerprint density at radius 2 is 1.40 bits per heavy atom. The number of nitrogens with zero attached hydrogens (tertiary/aromatic N) is 4. The van der Waals surface area contributed by atoms with Crippen LogP contribution in [0.5, 0.6) is 0 Å². The van der Waals surface area contributed by atoms with Gasteiger partial charge in [0, 0.05) is 23.2 Å². The molecular weight excluding hydrogens is 428 g/mol. The van der Waals surface area contributed by atoms with Crippen molar-refractivity contribution in [2.24, 2.45) is 0 Å². The molecule has 0 spiro atoms. The third-order valence-electron chi connectivity index (χ3n) is 8.04. The number of benzene rings is 3. The number of hydrogen-bond acceptors (Lipinski definition) is 3.